The third-order valence-corrected chi connectivity index (χ3v) is 5.98. The molecule has 7 nitrogen and oxygen atoms in total. The number of nitrogens with zero attached hydrogens (tertiary/aromatic N) is 6. The van der Waals surface area contributed by atoms with Crippen LogP contribution >= 0.6 is 23.2 Å². The summed E-state index contributed by atoms with van der Waals surface area (Å²) < 4.78 is 15.1. The Kier molecular flexibility index (Phi) is 4.48. The number of rotatable bonds is 2. The number of halogens is 3. The Morgan fingerprint density at radius 1 is 1.14 bits per heavy atom. The smallest absolute Gasteiger partial charge is 0.256 e. The Labute approximate surface area is 175 Å². The van der Waals surface area contributed by atoms with Crippen molar-refractivity contribution in [3.63, 3.8) is 0 Å². The molecule has 1 saturated heterocycles. The highest BCUT2D eigenvalue weighted by molar-refractivity contribution is 6.36. The number of carbonyl (C=O) groups is 1. The van der Waals surface area contributed by atoms with Crippen LogP contribution in [0.15, 0.2) is 30.6 Å². The minimum atomic E-state index is -0.513. The molecule has 2 aliphatic rings. The van der Waals surface area contributed by atoms with Gasteiger partial charge in [-0.2, -0.15) is 0 Å². The summed E-state index contributed by atoms with van der Waals surface area (Å²) in [7, 11) is 0. The van der Waals surface area contributed by atoms with Crippen LogP contribution in [0.2, 0.25) is 10.0 Å². The number of fused-ring (bicyclic) bond motifs is 4. The first-order chi connectivity index (χ1) is 14.0. The van der Waals surface area contributed by atoms with Gasteiger partial charge in [-0.05, 0) is 37.5 Å². The lowest BCUT2D eigenvalue weighted by molar-refractivity contribution is 0.0289. The Hall–Kier alpha value is -2.58. The average molecular weight is 433 g/mol. The third-order valence-electron chi connectivity index (χ3n) is 5.43. The van der Waals surface area contributed by atoms with Crippen LogP contribution in [0.1, 0.15) is 41.5 Å². The van der Waals surface area contributed by atoms with Crippen LogP contribution in [0.3, 0.4) is 0 Å². The number of aromatic nitrogens is 5. The van der Waals surface area contributed by atoms with Crippen LogP contribution in [0, 0.1) is 5.82 Å². The maximum absolute atomic E-state index is 13.3. The van der Waals surface area contributed by atoms with Crippen LogP contribution in [-0.4, -0.2) is 41.6 Å². The highest BCUT2D eigenvalue weighted by atomic mass is 35.5. The van der Waals surface area contributed by atoms with Gasteiger partial charge < -0.3 is 9.47 Å². The minimum absolute atomic E-state index is 0.0318. The fourth-order valence-corrected chi connectivity index (χ4v) is 4.66. The van der Waals surface area contributed by atoms with Crippen molar-refractivity contribution in [3.8, 4) is 11.6 Å². The minimum Gasteiger partial charge on any atom is -0.324 e. The molecule has 148 valence electrons. The molecule has 1 aromatic carbocycles. The van der Waals surface area contributed by atoms with Gasteiger partial charge in [-0.25, -0.2) is 14.4 Å². The van der Waals surface area contributed by atoms with E-state index < -0.39 is 5.82 Å². The van der Waals surface area contributed by atoms with Crippen molar-refractivity contribution in [1.82, 2.24) is 29.6 Å². The zero-order chi connectivity index (χ0) is 20.1. The molecule has 5 rings (SSSR count). The lowest BCUT2D eigenvalue weighted by Gasteiger charge is -2.45. The van der Waals surface area contributed by atoms with Crippen molar-refractivity contribution in [2.24, 2.45) is 0 Å². The topological polar surface area (TPSA) is 76.8 Å². The molecule has 0 N–H and O–H groups in total. The monoisotopic (exact) mass is 432 g/mol. The molecule has 0 radical (unpaired) electrons. The van der Waals surface area contributed by atoms with E-state index >= 15 is 0 Å². The van der Waals surface area contributed by atoms with E-state index in [-0.39, 0.29) is 18.0 Å². The second-order valence-corrected chi connectivity index (χ2v) is 8.00. The van der Waals surface area contributed by atoms with Gasteiger partial charge in [0.2, 0.25) is 5.82 Å². The summed E-state index contributed by atoms with van der Waals surface area (Å²) in [5.41, 5.74) is 0.419. The predicted molar refractivity (Wildman–Crippen MR) is 104 cm³/mol. The summed E-state index contributed by atoms with van der Waals surface area (Å²) in [5, 5.41) is 9.38. The van der Waals surface area contributed by atoms with Gasteiger partial charge in [0, 0.05) is 11.6 Å². The van der Waals surface area contributed by atoms with Crippen LogP contribution in [0.4, 0.5) is 4.39 Å². The molecule has 0 unspecified atom stereocenters. The van der Waals surface area contributed by atoms with Crippen molar-refractivity contribution >= 4 is 29.1 Å². The number of hydrogen-bond donors (Lipinski definition) is 0. The molecule has 2 aromatic heterocycles. The van der Waals surface area contributed by atoms with Crippen molar-refractivity contribution in [3.05, 3.63) is 57.8 Å². The maximum atomic E-state index is 13.3. The molecule has 2 aliphatic heterocycles. The molecule has 1 amide bonds. The highest BCUT2D eigenvalue weighted by Gasteiger charge is 2.43. The fourth-order valence-electron chi connectivity index (χ4n) is 4.17. The normalized spacial score (nSPS) is 20.4. The fraction of sp³-hybridized carbons (Fsp3) is 0.316. The number of piperidine rings is 1. The van der Waals surface area contributed by atoms with Gasteiger partial charge in [0.15, 0.2) is 17.5 Å². The lowest BCUT2D eigenvalue weighted by Crippen LogP contribution is -2.52. The first-order valence-electron chi connectivity index (χ1n) is 9.21. The van der Waals surface area contributed by atoms with E-state index in [1.807, 2.05) is 9.47 Å². The third kappa shape index (κ3) is 3.07. The predicted octanol–water partition coefficient (Wildman–Crippen LogP) is 3.93. The van der Waals surface area contributed by atoms with Gasteiger partial charge >= 0.3 is 0 Å². The first-order valence-corrected chi connectivity index (χ1v) is 9.97. The van der Waals surface area contributed by atoms with E-state index in [4.69, 9.17) is 23.2 Å². The summed E-state index contributed by atoms with van der Waals surface area (Å²) in [5.74, 6) is 0.815. The van der Waals surface area contributed by atoms with Crippen molar-refractivity contribution in [2.45, 2.75) is 37.9 Å². The zero-order valence-electron chi connectivity index (χ0n) is 15.1. The molecule has 2 bridgehead atoms. The van der Waals surface area contributed by atoms with E-state index in [1.165, 1.54) is 0 Å². The summed E-state index contributed by atoms with van der Waals surface area (Å²) in [6, 6.07) is 4.63. The van der Waals surface area contributed by atoms with Gasteiger partial charge in [-0.1, -0.05) is 23.2 Å². The average Bonchev–Trinajstić information content (AvgIpc) is 3.11. The molecule has 10 heteroatoms. The van der Waals surface area contributed by atoms with Gasteiger partial charge in [-0.3, -0.25) is 4.79 Å². The summed E-state index contributed by atoms with van der Waals surface area (Å²) in [4.78, 5) is 23.3. The SMILES string of the molecule is O=C(c1ccc(Cl)cc1Cl)N1[C@H]2CCC[C@@H]1c1nnc(-c3ncc(F)cn3)n1C2. The molecule has 0 saturated carbocycles. The first kappa shape index (κ1) is 18.4. The van der Waals surface area contributed by atoms with Crippen molar-refractivity contribution < 1.29 is 9.18 Å². The molecular weight excluding hydrogens is 418 g/mol. The maximum Gasteiger partial charge on any atom is 0.256 e. The molecule has 0 spiro atoms. The van der Waals surface area contributed by atoms with E-state index in [1.54, 1.807) is 18.2 Å². The standard InChI is InChI=1S/C19H15Cl2FN6O/c20-10-4-5-13(14(21)6-10)19(29)28-12-2-1-3-15(28)17-25-26-18(27(17)9-12)16-23-7-11(22)8-24-16/h4-8,12,15H,1-3,9H2/t12-,15+/m0/s1. The van der Waals surface area contributed by atoms with Crippen LogP contribution in [0.25, 0.3) is 11.6 Å². The van der Waals surface area contributed by atoms with Gasteiger partial charge in [0.05, 0.1) is 35.1 Å². The van der Waals surface area contributed by atoms with E-state index in [2.05, 4.69) is 20.2 Å². The van der Waals surface area contributed by atoms with Crippen LogP contribution in [-0.2, 0) is 6.54 Å². The number of amides is 1. The van der Waals surface area contributed by atoms with E-state index in [0.717, 1.165) is 31.7 Å². The van der Waals surface area contributed by atoms with Crippen LogP contribution in [0.5, 0.6) is 0 Å². The molecule has 4 heterocycles. The molecule has 2 atom stereocenters. The van der Waals surface area contributed by atoms with Gasteiger partial charge in [-0.15, -0.1) is 10.2 Å². The van der Waals surface area contributed by atoms with Crippen molar-refractivity contribution in [2.75, 3.05) is 0 Å². The largest absolute Gasteiger partial charge is 0.324 e. The van der Waals surface area contributed by atoms with E-state index in [9.17, 15) is 9.18 Å². The quantitative estimate of drug-likeness (QED) is 0.612. The second kappa shape index (κ2) is 7.03. The highest BCUT2D eigenvalue weighted by Crippen LogP contribution is 2.41. The Morgan fingerprint density at radius 2 is 1.93 bits per heavy atom. The summed E-state index contributed by atoms with van der Waals surface area (Å²) in [6.45, 7) is 0.520. The molecular formula is C19H15Cl2FN6O. The lowest BCUT2D eigenvalue weighted by atomic mass is 9.91. The van der Waals surface area contributed by atoms with Crippen LogP contribution < -0.4 is 0 Å². The zero-order valence-corrected chi connectivity index (χ0v) is 16.6. The molecule has 1 fully saturated rings. The number of benzene rings is 1. The number of carbonyl (C=O) groups excluding carboxylic acids is 1. The summed E-state index contributed by atoms with van der Waals surface area (Å²) in [6.07, 6.45) is 4.82. The van der Waals surface area contributed by atoms with E-state index in [0.29, 0.717) is 39.6 Å². The Bertz CT molecular complexity index is 1100. The Balaban J connectivity index is 1.54. The van der Waals surface area contributed by atoms with Crippen molar-refractivity contribution in [1.29, 1.82) is 0 Å². The molecule has 29 heavy (non-hydrogen) atoms. The van der Waals surface area contributed by atoms with Gasteiger partial charge in [0.1, 0.15) is 0 Å². The Morgan fingerprint density at radius 3 is 2.69 bits per heavy atom. The number of hydrogen-bond acceptors (Lipinski definition) is 5. The molecule has 0 aliphatic carbocycles. The second-order valence-electron chi connectivity index (χ2n) is 7.15. The summed E-state index contributed by atoms with van der Waals surface area (Å²) >= 11 is 12.3. The molecule has 3 aromatic rings. The van der Waals surface area contributed by atoms with Gasteiger partial charge in [0.25, 0.3) is 5.91 Å².